The Labute approximate surface area is 116 Å². The van der Waals surface area contributed by atoms with Gasteiger partial charge in [0.25, 0.3) is 0 Å². The van der Waals surface area contributed by atoms with Gasteiger partial charge in [0.1, 0.15) is 5.82 Å². The first kappa shape index (κ1) is 14.3. The van der Waals surface area contributed by atoms with Crippen molar-refractivity contribution in [1.82, 2.24) is 5.32 Å². The van der Waals surface area contributed by atoms with Crippen LogP contribution < -0.4 is 10.2 Å². The summed E-state index contributed by atoms with van der Waals surface area (Å²) < 4.78 is 14.1. The highest BCUT2D eigenvalue weighted by Crippen LogP contribution is 2.27. The zero-order valence-electron chi connectivity index (χ0n) is 12.2. The van der Waals surface area contributed by atoms with Crippen LogP contribution in [0, 0.1) is 5.82 Å². The molecule has 0 heterocycles. The number of benzene rings is 1. The molecule has 0 saturated heterocycles. The van der Waals surface area contributed by atoms with Gasteiger partial charge in [0, 0.05) is 36.4 Å². The van der Waals surface area contributed by atoms with Gasteiger partial charge in [-0.2, -0.15) is 0 Å². The number of anilines is 1. The molecule has 2 nitrogen and oxygen atoms in total. The first-order valence-corrected chi connectivity index (χ1v) is 7.41. The first-order valence-electron chi connectivity index (χ1n) is 7.41. The lowest BCUT2D eigenvalue weighted by atomic mass is 10.1. The van der Waals surface area contributed by atoms with E-state index in [-0.39, 0.29) is 5.82 Å². The molecule has 3 heteroatoms. The van der Waals surface area contributed by atoms with Crippen LogP contribution in [-0.4, -0.2) is 18.6 Å². The molecule has 1 fully saturated rings. The van der Waals surface area contributed by atoms with E-state index < -0.39 is 0 Å². The van der Waals surface area contributed by atoms with Crippen LogP contribution in [0.3, 0.4) is 0 Å². The Morgan fingerprint density at radius 3 is 2.68 bits per heavy atom. The van der Waals surface area contributed by atoms with E-state index in [1.807, 2.05) is 12.1 Å². The molecule has 0 aromatic heterocycles. The summed E-state index contributed by atoms with van der Waals surface area (Å²) in [5, 5.41) is 3.42. The molecule has 0 radical (unpaired) electrons. The number of hydrogen-bond acceptors (Lipinski definition) is 2. The minimum atomic E-state index is -0.0904. The summed E-state index contributed by atoms with van der Waals surface area (Å²) in [7, 11) is 0. The Bertz CT molecular complexity index is 413. The average Bonchev–Trinajstić information content (AvgIpc) is 3.18. The monoisotopic (exact) mass is 264 g/mol. The fourth-order valence-corrected chi connectivity index (χ4v) is 2.42. The van der Waals surface area contributed by atoms with Gasteiger partial charge < -0.3 is 10.2 Å². The third-order valence-corrected chi connectivity index (χ3v) is 3.64. The van der Waals surface area contributed by atoms with E-state index in [4.69, 9.17) is 0 Å². The van der Waals surface area contributed by atoms with E-state index in [0.29, 0.717) is 18.6 Å². The summed E-state index contributed by atoms with van der Waals surface area (Å²) in [6, 6.07) is 6.42. The standard InChI is InChI=1S/C16H25FN2/c1-4-10-19(12(2)3)16-7-5-6-15(17)14(16)11-18-13-8-9-13/h5-7,12-13,18H,4,8-11H2,1-3H3. The van der Waals surface area contributed by atoms with Crippen LogP contribution in [-0.2, 0) is 6.54 Å². The second-order valence-corrected chi connectivity index (χ2v) is 5.68. The highest BCUT2D eigenvalue weighted by atomic mass is 19.1. The van der Waals surface area contributed by atoms with Crippen LogP contribution in [0.1, 0.15) is 45.6 Å². The lowest BCUT2D eigenvalue weighted by Crippen LogP contribution is -2.33. The summed E-state index contributed by atoms with van der Waals surface area (Å²) in [5.41, 5.74) is 1.86. The molecule has 0 amide bonds. The van der Waals surface area contributed by atoms with Gasteiger partial charge in [0.05, 0.1) is 0 Å². The van der Waals surface area contributed by atoms with Gasteiger partial charge in [-0.05, 0) is 45.2 Å². The highest BCUT2D eigenvalue weighted by Gasteiger charge is 2.22. The molecule has 0 unspecified atom stereocenters. The summed E-state index contributed by atoms with van der Waals surface area (Å²) in [4.78, 5) is 2.30. The molecule has 0 atom stereocenters. The predicted octanol–water partition coefficient (Wildman–Crippen LogP) is 3.70. The molecule has 1 aliphatic rings. The smallest absolute Gasteiger partial charge is 0.129 e. The van der Waals surface area contributed by atoms with Crippen LogP contribution in [0.4, 0.5) is 10.1 Å². The fourth-order valence-electron chi connectivity index (χ4n) is 2.42. The van der Waals surface area contributed by atoms with Crippen molar-refractivity contribution in [2.24, 2.45) is 0 Å². The lowest BCUT2D eigenvalue weighted by molar-refractivity contribution is 0.579. The predicted molar refractivity (Wildman–Crippen MR) is 79.0 cm³/mol. The van der Waals surface area contributed by atoms with E-state index in [2.05, 4.69) is 31.0 Å². The second kappa shape index (κ2) is 6.38. The van der Waals surface area contributed by atoms with E-state index in [9.17, 15) is 4.39 Å². The van der Waals surface area contributed by atoms with Gasteiger partial charge in [0.15, 0.2) is 0 Å². The minimum Gasteiger partial charge on any atom is -0.369 e. The summed E-state index contributed by atoms with van der Waals surface area (Å²) >= 11 is 0. The molecule has 1 N–H and O–H groups in total. The molecule has 19 heavy (non-hydrogen) atoms. The van der Waals surface area contributed by atoms with Crippen molar-refractivity contribution in [3.63, 3.8) is 0 Å². The summed E-state index contributed by atoms with van der Waals surface area (Å²) in [5.74, 6) is -0.0904. The molecule has 1 saturated carbocycles. The number of halogens is 1. The van der Waals surface area contributed by atoms with E-state index >= 15 is 0 Å². The van der Waals surface area contributed by atoms with Crippen molar-refractivity contribution < 1.29 is 4.39 Å². The largest absolute Gasteiger partial charge is 0.369 e. The molecule has 1 aliphatic carbocycles. The van der Waals surface area contributed by atoms with E-state index in [0.717, 1.165) is 24.2 Å². The Balaban J connectivity index is 2.22. The highest BCUT2D eigenvalue weighted by molar-refractivity contribution is 5.55. The maximum absolute atomic E-state index is 14.1. The Morgan fingerprint density at radius 2 is 2.11 bits per heavy atom. The van der Waals surface area contributed by atoms with Crippen LogP contribution in [0.2, 0.25) is 0 Å². The molecule has 0 spiro atoms. The Morgan fingerprint density at radius 1 is 1.37 bits per heavy atom. The van der Waals surface area contributed by atoms with Crippen molar-refractivity contribution in [3.05, 3.63) is 29.6 Å². The maximum Gasteiger partial charge on any atom is 0.129 e. The van der Waals surface area contributed by atoms with E-state index in [1.54, 1.807) is 6.07 Å². The fraction of sp³-hybridized carbons (Fsp3) is 0.625. The van der Waals surface area contributed by atoms with Gasteiger partial charge in [-0.1, -0.05) is 13.0 Å². The third kappa shape index (κ3) is 3.69. The lowest BCUT2D eigenvalue weighted by Gasteiger charge is -2.31. The summed E-state index contributed by atoms with van der Waals surface area (Å²) in [6.45, 7) is 8.10. The number of nitrogens with one attached hydrogen (secondary N) is 1. The minimum absolute atomic E-state index is 0.0904. The van der Waals surface area contributed by atoms with Crippen molar-refractivity contribution in [3.8, 4) is 0 Å². The van der Waals surface area contributed by atoms with Crippen molar-refractivity contribution in [2.45, 2.75) is 58.7 Å². The van der Waals surface area contributed by atoms with Gasteiger partial charge >= 0.3 is 0 Å². The number of hydrogen-bond donors (Lipinski definition) is 1. The zero-order chi connectivity index (χ0) is 13.8. The van der Waals surface area contributed by atoms with Crippen LogP contribution >= 0.6 is 0 Å². The molecular weight excluding hydrogens is 239 g/mol. The quantitative estimate of drug-likeness (QED) is 0.807. The van der Waals surface area contributed by atoms with Crippen molar-refractivity contribution in [2.75, 3.05) is 11.4 Å². The Kier molecular flexibility index (Phi) is 4.81. The molecule has 0 aliphatic heterocycles. The van der Waals surface area contributed by atoms with Crippen molar-refractivity contribution >= 4 is 5.69 Å². The van der Waals surface area contributed by atoms with Gasteiger partial charge in [-0.25, -0.2) is 4.39 Å². The SMILES string of the molecule is CCCN(c1cccc(F)c1CNC1CC1)C(C)C. The topological polar surface area (TPSA) is 15.3 Å². The zero-order valence-corrected chi connectivity index (χ0v) is 12.2. The van der Waals surface area contributed by atoms with E-state index in [1.165, 1.54) is 12.8 Å². The Hall–Kier alpha value is -1.09. The number of nitrogens with zero attached hydrogens (tertiary/aromatic N) is 1. The van der Waals surface area contributed by atoms with Gasteiger partial charge in [-0.15, -0.1) is 0 Å². The van der Waals surface area contributed by atoms with Crippen LogP contribution in [0.5, 0.6) is 0 Å². The molecule has 106 valence electrons. The molecular formula is C16H25FN2. The summed E-state index contributed by atoms with van der Waals surface area (Å²) in [6.07, 6.45) is 3.53. The van der Waals surface area contributed by atoms with Gasteiger partial charge in [-0.3, -0.25) is 0 Å². The van der Waals surface area contributed by atoms with Crippen LogP contribution in [0.25, 0.3) is 0 Å². The maximum atomic E-state index is 14.1. The average molecular weight is 264 g/mol. The molecule has 1 aromatic carbocycles. The first-order chi connectivity index (χ1) is 9.13. The van der Waals surface area contributed by atoms with Gasteiger partial charge in [0.2, 0.25) is 0 Å². The normalized spacial score (nSPS) is 15.0. The van der Waals surface area contributed by atoms with Crippen molar-refractivity contribution in [1.29, 1.82) is 0 Å². The molecule has 1 aromatic rings. The molecule has 2 rings (SSSR count). The third-order valence-electron chi connectivity index (χ3n) is 3.64. The number of rotatable bonds is 7. The molecule has 0 bridgehead atoms. The second-order valence-electron chi connectivity index (χ2n) is 5.68. The van der Waals surface area contributed by atoms with Crippen LogP contribution in [0.15, 0.2) is 18.2 Å².